The first-order chi connectivity index (χ1) is 24.5. The predicted octanol–water partition coefficient (Wildman–Crippen LogP) is 9.12. The molecule has 0 saturated heterocycles. The maximum atomic E-state index is 8.64. The second kappa shape index (κ2) is 9.54. The van der Waals surface area contributed by atoms with Crippen LogP contribution in [0.4, 0.5) is 0 Å². The second-order valence-corrected chi connectivity index (χ2v) is 9.35. The highest BCUT2D eigenvalue weighted by molar-refractivity contribution is 6.11. The molecule has 0 radical (unpaired) electrons. The van der Waals surface area contributed by atoms with Gasteiger partial charge in [0.2, 0.25) is 0 Å². The fourth-order valence-electron chi connectivity index (χ4n) is 5.30. The van der Waals surface area contributed by atoms with Crippen molar-refractivity contribution in [2.75, 3.05) is 0 Å². The Morgan fingerprint density at radius 1 is 0.439 bits per heavy atom. The lowest BCUT2D eigenvalue weighted by atomic mass is 10.0. The third-order valence-electron chi connectivity index (χ3n) is 7.05. The molecule has 8 rings (SSSR count). The van der Waals surface area contributed by atoms with Gasteiger partial charge in [-0.15, -0.1) is 0 Å². The van der Waals surface area contributed by atoms with Crippen LogP contribution < -0.4 is 0 Å². The van der Waals surface area contributed by atoms with Crippen molar-refractivity contribution in [2.24, 2.45) is 0 Å². The van der Waals surface area contributed by atoms with Crippen molar-refractivity contribution >= 4 is 32.6 Å². The van der Waals surface area contributed by atoms with Crippen LogP contribution in [0.1, 0.15) is 13.7 Å². The molecule has 0 spiro atoms. The lowest BCUT2D eigenvalue weighted by Crippen LogP contribution is -2.01. The second-order valence-electron chi connectivity index (χ2n) is 9.35. The van der Waals surface area contributed by atoms with E-state index in [1.54, 1.807) is 0 Å². The van der Waals surface area contributed by atoms with Gasteiger partial charge < -0.3 is 4.57 Å². The Morgan fingerprint density at radius 2 is 0.902 bits per heavy atom. The Hall–Kier alpha value is -5.61. The van der Waals surface area contributed by atoms with Gasteiger partial charge >= 0.3 is 0 Å². The highest BCUT2D eigenvalue weighted by Crippen LogP contribution is 2.37. The van der Waals surface area contributed by atoms with E-state index < -0.39 is 60.4 Å². The first-order valence-corrected chi connectivity index (χ1v) is 12.9. The molecule has 2 aromatic heterocycles. The third-order valence-corrected chi connectivity index (χ3v) is 7.05. The van der Waals surface area contributed by atoms with Crippen LogP contribution in [0.5, 0.6) is 0 Å². The van der Waals surface area contributed by atoms with Gasteiger partial charge in [-0.2, -0.15) is 0 Å². The molecule has 0 N–H and O–H groups in total. The third kappa shape index (κ3) is 3.88. The smallest absolute Gasteiger partial charge is 0.164 e. The molecule has 6 aromatic carbocycles. The standard InChI is InChI=1S/C37H24N4/c1-3-13-25(14-4-1)35-38-36(26-15-5-2-6-16-26)40-37(39-35)31-23-24-34(28-18-8-7-17-27(28)31)41-32-21-11-9-19-29(32)30-20-10-12-22-33(30)41/h1-24H/i1D,2D,3D,4D,5D,6D,13D,14D,15D,16D. The largest absolute Gasteiger partial charge is 0.309 e. The Labute approximate surface area is 251 Å². The Balaban J connectivity index is 1.45. The number of aromatic nitrogens is 4. The van der Waals surface area contributed by atoms with Crippen LogP contribution >= 0.6 is 0 Å². The molecule has 2 heterocycles. The summed E-state index contributed by atoms with van der Waals surface area (Å²) in [6.07, 6.45) is 0. The molecular weight excluding hydrogens is 500 g/mol. The highest BCUT2D eigenvalue weighted by atomic mass is 15.0. The quantitative estimate of drug-likeness (QED) is 0.226. The van der Waals surface area contributed by atoms with Gasteiger partial charge in [0.1, 0.15) is 0 Å². The summed E-state index contributed by atoms with van der Waals surface area (Å²) in [6.45, 7) is 0. The summed E-state index contributed by atoms with van der Waals surface area (Å²) in [5.74, 6) is -0.609. The van der Waals surface area contributed by atoms with Crippen molar-refractivity contribution in [3.05, 3.63) is 145 Å². The molecular formula is C37H24N4. The summed E-state index contributed by atoms with van der Waals surface area (Å²) >= 11 is 0. The molecule has 0 atom stereocenters. The Bertz CT molecular complexity index is 2580. The Morgan fingerprint density at radius 3 is 1.46 bits per heavy atom. The minimum Gasteiger partial charge on any atom is -0.309 e. The molecule has 0 amide bonds. The highest BCUT2D eigenvalue weighted by Gasteiger charge is 2.18. The average Bonchev–Trinajstić information content (AvgIpc) is 3.48. The van der Waals surface area contributed by atoms with Crippen LogP contribution in [0.2, 0.25) is 0 Å². The number of hydrogen-bond donors (Lipinski definition) is 0. The Kier molecular flexibility index (Phi) is 3.55. The van der Waals surface area contributed by atoms with E-state index in [-0.39, 0.29) is 28.6 Å². The molecule has 0 fully saturated rings. The van der Waals surface area contributed by atoms with Crippen molar-refractivity contribution in [2.45, 2.75) is 0 Å². The lowest BCUT2D eigenvalue weighted by molar-refractivity contribution is 1.08. The van der Waals surface area contributed by atoms with E-state index in [9.17, 15) is 0 Å². The minimum absolute atomic E-state index is 0.0126. The SMILES string of the molecule is [2H]c1c([2H])c([2H])c(-c2nc(-c3c([2H])c([2H])c([2H])c([2H])c3[2H])nc(-c3ccc(-n4c5ccccc5c5ccccc54)c4ccccc34)n2)c([2H])c1[2H]. The monoisotopic (exact) mass is 534 g/mol. The van der Waals surface area contributed by atoms with Crippen LogP contribution in [0.15, 0.2) is 145 Å². The summed E-state index contributed by atoms with van der Waals surface area (Å²) in [4.78, 5) is 13.7. The number of para-hydroxylation sites is 2. The topological polar surface area (TPSA) is 43.6 Å². The molecule has 8 aromatic rings. The molecule has 4 nitrogen and oxygen atoms in total. The summed E-state index contributed by atoms with van der Waals surface area (Å²) in [7, 11) is 0. The fraction of sp³-hybridized carbons (Fsp3) is 0. The summed E-state index contributed by atoms with van der Waals surface area (Å²) < 4.78 is 86.0. The number of rotatable bonds is 4. The first kappa shape index (κ1) is 15.2. The van der Waals surface area contributed by atoms with Crippen molar-refractivity contribution in [3.8, 4) is 39.9 Å². The number of nitrogens with zero attached hydrogens (tertiary/aromatic N) is 4. The zero-order valence-electron chi connectivity index (χ0n) is 31.4. The van der Waals surface area contributed by atoms with E-state index in [4.69, 9.17) is 13.7 Å². The summed E-state index contributed by atoms with van der Waals surface area (Å²) in [5.41, 5.74) is 2.73. The van der Waals surface area contributed by atoms with Crippen LogP contribution in [0, 0.1) is 0 Å². The zero-order chi connectivity index (χ0) is 35.9. The van der Waals surface area contributed by atoms with E-state index in [1.807, 2.05) is 60.7 Å². The summed E-state index contributed by atoms with van der Waals surface area (Å²) in [5, 5.41) is 3.72. The molecule has 0 aliphatic rings. The molecule has 0 aliphatic carbocycles. The van der Waals surface area contributed by atoms with Crippen molar-refractivity contribution in [1.82, 2.24) is 19.5 Å². The van der Waals surface area contributed by atoms with Gasteiger partial charge in [-0.05, 0) is 29.7 Å². The van der Waals surface area contributed by atoms with E-state index in [2.05, 4.69) is 43.8 Å². The van der Waals surface area contributed by atoms with Crippen molar-refractivity contribution in [3.63, 3.8) is 0 Å². The van der Waals surface area contributed by atoms with Crippen molar-refractivity contribution < 1.29 is 13.7 Å². The number of fused-ring (bicyclic) bond motifs is 4. The van der Waals surface area contributed by atoms with Gasteiger partial charge in [-0.3, -0.25) is 0 Å². The minimum atomic E-state index is -0.599. The van der Waals surface area contributed by atoms with E-state index in [0.717, 1.165) is 32.9 Å². The molecule has 4 heteroatoms. The normalized spacial score (nSPS) is 14.8. The molecule has 0 unspecified atom stereocenters. The van der Waals surface area contributed by atoms with Gasteiger partial charge in [-0.25, -0.2) is 15.0 Å². The molecule has 0 aliphatic heterocycles. The van der Waals surface area contributed by atoms with Gasteiger partial charge in [0.25, 0.3) is 0 Å². The van der Waals surface area contributed by atoms with Gasteiger partial charge in [-0.1, -0.05) is 121 Å². The van der Waals surface area contributed by atoms with E-state index in [0.29, 0.717) is 10.9 Å². The fourth-order valence-corrected chi connectivity index (χ4v) is 5.30. The molecule has 0 saturated carbocycles. The van der Waals surface area contributed by atoms with Crippen LogP contribution in [-0.4, -0.2) is 19.5 Å². The average molecular weight is 535 g/mol. The maximum absolute atomic E-state index is 8.64. The van der Waals surface area contributed by atoms with Crippen molar-refractivity contribution in [1.29, 1.82) is 0 Å². The first-order valence-electron chi connectivity index (χ1n) is 17.9. The van der Waals surface area contributed by atoms with Crippen LogP contribution in [0.3, 0.4) is 0 Å². The number of hydrogen-bond acceptors (Lipinski definition) is 3. The van der Waals surface area contributed by atoms with E-state index in [1.165, 1.54) is 0 Å². The van der Waals surface area contributed by atoms with Crippen LogP contribution in [-0.2, 0) is 0 Å². The van der Waals surface area contributed by atoms with Crippen LogP contribution in [0.25, 0.3) is 72.4 Å². The number of benzene rings is 6. The predicted molar refractivity (Wildman–Crippen MR) is 168 cm³/mol. The van der Waals surface area contributed by atoms with Gasteiger partial charge in [0.15, 0.2) is 17.5 Å². The van der Waals surface area contributed by atoms with Gasteiger partial charge in [0.05, 0.1) is 30.4 Å². The zero-order valence-corrected chi connectivity index (χ0v) is 21.4. The summed E-state index contributed by atoms with van der Waals surface area (Å²) in [6, 6.07) is 21.8. The van der Waals surface area contributed by atoms with Gasteiger partial charge in [0, 0.05) is 32.8 Å². The molecule has 0 bridgehead atoms. The maximum Gasteiger partial charge on any atom is 0.164 e. The molecule has 192 valence electrons. The molecule has 41 heavy (non-hydrogen) atoms. The van der Waals surface area contributed by atoms with E-state index >= 15 is 0 Å². The lowest BCUT2D eigenvalue weighted by Gasteiger charge is -2.15.